The van der Waals surface area contributed by atoms with Gasteiger partial charge >= 0.3 is 6.61 Å². The van der Waals surface area contributed by atoms with Gasteiger partial charge in [-0.05, 0) is 12.1 Å². The summed E-state index contributed by atoms with van der Waals surface area (Å²) in [7, 11) is 0. The Labute approximate surface area is 164 Å². The van der Waals surface area contributed by atoms with Crippen LogP contribution in [0.2, 0.25) is 0 Å². The zero-order valence-corrected chi connectivity index (χ0v) is 15.4. The first-order chi connectivity index (χ1) is 14.0. The molecule has 29 heavy (non-hydrogen) atoms. The van der Waals surface area contributed by atoms with Crippen LogP contribution in [0.3, 0.4) is 0 Å². The normalized spacial score (nSPS) is 13.7. The molecule has 2 amide bonds. The molecule has 4 rings (SSSR count). The Morgan fingerprint density at radius 3 is 2.90 bits per heavy atom. The molecule has 3 heterocycles. The average molecular weight is 403 g/mol. The number of hydrogen-bond acceptors (Lipinski definition) is 4. The van der Waals surface area contributed by atoms with Crippen LogP contribution in [0.4, 0.5) is 8.78 Å². The van der Waals surface area contributed by atoms with Crippen molar-refractivity contribution in [2.45, 2.75) is 19.7 Å². The van der Waals surface area contributed by atoms with Gasteiger partial charge in [0.1, 0.15) is 5.69 Å². The van der Waals surface area contributed by atoms with Crippen LogP contribution in [-0.2, 0) is 17.8 Å². The number of rotatable bonds is 6. The number of para-hydroxylation sites is 1. The Hall–Kier alpha value is -3.27. The van der Waals surface area contributed by atoms with E-state index in [-0.39, 0.29) is 25.6 Å². The molecule has 2 aromatic heterocycles. The van der Waals surface area contributed by atoms with Crippen molar-refractivity contribution in [1.82, 2.24) is 25.0 Å². The largest absolute Gasteiger partial charge is 0.351 e. The first-order valence-electron chi connectivity index (χ1n) is 9.12. The zero-order chi connectivity index (χ0) is 20.4. The summed E-state index contributed by atoms with van der Waals surface area (Å²) in [5.74, 6) is -0.602. The molecule has 0 spiro atoms. The van der Waals surface area contributed by atoms with Crippen LogP contribution in [0.25, 0.3) is 10.9 Å². The van der Waals surface area contributed by atoms with E-state index in [2.05, 4.69) is 20.1 Å². The molecule has 0 unspecified atom stereocenters. The molecule has 0 radical (unpaired) electrons. The van der Waals surface area contributed by atoms with E-state index in [1.165, 1.54) is 6.20 Å². The third-order valence-corrected chi connectivity index (χ3v) is 4.79. The number of carbonyl (C=O) groups is 2. The second-order valence-corrected chi connectivity index (χ2v) is 6.61. The molecule has 0 saturated heterocycles. The summed E-state index contributed by atoms with van der Waals surface area (Å²) in [4.78, 5) is 30.1. The summed E-state index contributed by atoms with van der Waals surface area (Å²) in [6, 6.07) is 9.43. The average Bonchev–Trinajstić information content (AvgIpc) is 3.34. The van der Waals surface area contributed by atoms with Crippen molar-refractivity contribution in [1.29, 1.82) is 0 Å². The Morgan fingerprint density at radius 1 is 1.28 bits per heavy atom. The maximum Gasteiger partial charge on any atom is 0.345 e. The molecule has 0 atom stereocenters. The highest BCUT2D eigenvalue weighted by molar-refractivity contribution is 5.98. The van der Waals surface area contributed by atoms with Gasteiger partial charge in [-0.25, -0.2) is 0 Å². The quantitative estimate of drug-likeness (QED) is 0.616. The van der Waals surface area contributed by atoms with Crippen molar-refractivity contribution < 1.29 is 23.1 Å². The van der Waals surface area contributed by atoms with Gasteiger partial charge in [-0.2, -0.15) is 13.9 Å². The van der Waals surface area contributed by atoms with Gasteiger partial charge in [-0.15, -0.1) is 0 Å². The molecule has 1 aromatic carbocycles. The molecule has 1 aliphatic rings. The van der Waals surface area contributed by atoms with Crippen molar-refractivity contribution >= 4 is 22.7 Å². The molecule has 0 saturated carbocycles. The number of nitrogens with one attached hydrogen (secondary N) is 2. The molecule has 2 N–H and O–H groups in total. The summed E-state index contributed by atoms with van der Waals surface area (Å²) < 4.78 is 29.8. The third kappa shape index (κ3) is 3.97. The smallest absolute Gasteiger partial charge is 0.345 e. The molecule has 1 aliphatic heterocycles. The highest BCUT2D eigenvalue weighted by Gasteiger charge is 2.27. The summed E-state index contributed by atoms with van der Waals surface area (Å²) in [5, 5.41) is 7.67. The van der Waals surface area contributed by atoms with Crippen LogP contribution in [0, 0.1) is 0 Å². The van der Waals surface area contributed by atoms with E-state index in [1.807, 2.05) is 24.3 Å². The van der Waals surface area contributed by atoms with E-state index in [0.29, 0.717) is 30.0 Å². The Bertz CT molecular complexity index is 1010. The van der Waals surface area contributed by atoms with Crippen molar-refractivity contribution in [2.24, 2.45) is 0 Å². The van der Waals surface area contributed by atoms with Crippen LogP contribution in [-0.4, -0.2) is 57.8 Å². The molecule has 10 heteroatoms. The van der Waals surface area contributed by atoms with Gasteiger partial charge in [0.2, 0.25) is 0 Å². The predicted octanol–water partition coefficient (Wildman–Crippen LogP) is 1.99. The SMILES string of the molecule is O=C(NCCOC(F)F)c1cnn2c1CN(C(=O)c1cc3ccccc3[nH]1)CC2. The molecule has 0 fully saturated rings. The van der Waals surface area contributed by atoms with Gasteiger partial charge in [-0.3, -0.25) is 14.3 Å². The lowest BCUT2D eigenvalue weighted by Crippen LogP contribution is -2.39. The number of ether oxygens (including phenoxy) is 1. The predicted molar refractivity (Wildman–Crippen MR) is 99.6 cm³/mol. The maximum atomic E-state index is 12.9. The van der Waals surface area contributed by atoms with Crippen LogP contribution in [0.5, 0.6) is 0 Å². The number of hydrogen-bond donors (Lipinski definition) is 2. The minimum Gasteiger partial charge on any atom is -0.351 e. The molecule has 8 nitrogen and oxygen atoms in total. The van der Waals surface area contributed by atoms with Gasteiger partial charge in [0.05, 0.1) is 37.2 Å². The molecular formula is C19H19F2N5O3. The summed E-state index contributed by atoms with van der Waals surface area (Å²) in [5.41, 5.74) is 2.28. The minimum absolute atomic E-state index is 0.0501. The maximum absolute atomic E-state index is 12.9. The van der Waals surface area contributed by atoms with E-state index in [4.69, 9.17) is 0 Å². The Morgan fingerprint density at radius 2 is 2.10 bits per heavy atom. The fourth-order valence-electron chi connectivity index (χ4n) is 3.38. The number of amides is 2. The highest BCUT2D eigenvalue weighted by Crippen LogP contribution is 2.21. The van der Waals surface area contributed by atoms with E-state index in [9.17, 15) is 18.4 Å². The number of nitrogens with zero attached hydrogens (tertiary/aromatic N) is 3. The third-order valence-electron chi connectivity index (χ3n) is 4.79. The van der Waals surface area contributed by atoms with Crippen LogP contribution in [0.15, 0.2) is 36.5 Å². The minimum atomic E-state index is -2.87. The van der Waals surface area contributed by atoms with E-state index < -0.39 is 12.5 Å². The molecular weight excluding hydrogens is 384 g/mol. The van der Waals surface area contributed by atoms with Crippen molar-refractivity contribution in [3.63, 3.8) is 0 Å². The number of alkyl halides is 2. The van der Waals surface area contributed by atoms with Gasteiger partial charge in [0, 0.05) is 24.0 Å². The van der Waals surface area contributed by atoms with Gasteiger partial charge in [0.25, 0.3) is 11.8 Å². The van der Waals surface area contributed by atoms with Gasteiger partial charge in [0.15, 0.2) is 0 Å². The van der Waals surface area contributed by atoms with Crippen molar-refractivity contribution in [3.8, 4) is 0 Å². The van der Waals surface area contributed by atoms with Crippen molar-refractivity contribution in [3.05, 3.63) is 53.5 Å². The highest BCUT2D eigenvalue weighted by atomic mass is 19.3. The molecule has 0 aliphatic carbocycles. The Balaban J connectivity index is 1.45. The van der Waals surface area contributed by atoms with E-state index in [1.54, 1.807) is 15.6 Å². The fraction of sp³-hybridized carbons (Fsp3) is 0.316. The molecule has 0 bridgehead atoms. The number of aromatic amines is 1. The van der Waals surface area contributed by atoms with E-state index in [0.717, 1.165) is 10.9 Å². The number of benzene rings is 1. The number of carbonyl (C=O) groups excluding carboxylic acids is 2. The summed E-state index contributed by atoms with van der Waals surface area (Å²) in [6.07, 6.45) is 1.43. The van der Waals surface area contributed by atoms with Crippen LogP contribution in [0.1, 0.15) is 26.5 Å². The summed E-state index contributed by atoms with van der Waals surface area (Å²) in [6.45, 7) is -2.07. The van der Waals surface area contributed by atoms with E-state index >= 15 is 0 Å². The molecule has 152 valence electrons. The number of aromatic nitrogens is 3. The van der Waals surface area contributed by atoms with Crippen molar-refractivity contribution in [2.75, 3.05) is 19.7 Å². The first kappa shape index (κ1) is 19.1. The number of H-pyrrole nitrogens is 1. The zero-order valence-electron chi connectivity index (χ0n) is 15.4. The number of fused-ring (bicyclic) bond motifs is 2. The number of halogens is 2. The topological polar surface area (TPSA) is 92.2 Å². The lowest BCUT2D eigenvalue weighted by molar-refractivity contribution is -0.126. The lowest BCUT2D eigenvalue weighted by atomic mass is 10.1. The monoisotopic (exact) mass is 403 g/mol. The second kappa shape index (κ2) is 8.00. The van der Waals surface area contributed by atoms with Gasteiger partial charge < -0.3 is 19.9 Å². The summed E-state index contributed by atoms with van der Waals surface area (Å²) >= 11 is 0. The van der Waals surface area contributed by atoms with Crippen LogP contribution >= 0.6 is 0 Å². The first-order valence-corrected chi connectivity index (χ1v) is 9.12. The van der Waals surface area contributed by atoms with Gasteiger partial charge in [-0.1, -0.05) is 18.2 Å². The Kier molecular flexibility index (Phi) is 5.26. The fourth-order valence-corrected chi connectivity index (χ4v) is 3.38. The second-order valence-electron chi connectivity index (χ2n) is 6.61. The lowest BCUT2D eigenvalue weighted by Gasteiger charge is -2.28. The standard InChI is InChI=1S/C19H19F2N5O3/c20-19(21)29-8-5-22-17(27)13-10-23-26-7-6-25(11-16(13)26)18(28)15-9-12-3-1-2-4-14(12)24-15/h1-4,9-10,19,24H,5-8,11H2,(H,22,27). The molecule has 3 aromatic rings. The van der Waals surface area contributed by atoms with Crippen LogP contribution < -0.4 is 5.32 Å².